The van der Waals surface area contributed by atoms with Gasteiger partial charge in [0.25, 0.3) is 0 Å². The fraction of sp³-hybridized carbons (Fsp3) is 0.100. The van der Waals surface area contributed by atoms with Crippen molar-refractivity contribution in [2.75, 3.05) is 5.73 Å². The van der Waals surface area contributed by atoms with Gasteiger partial charge in [0.1, 0.15) is 11.6 Å². The fourth-order valence-corrected chi connectivity index (χ4v) is 1.16. The number of aromatic nitrogens is 2. The summed E-state index contributed by atoms with van der Waals surface area (Å²) in [5, 5.41) is 3.87. The average Bonchev–Trinajstić information content (AvgIpc) is 2.66. The molecule has 0 fully saturated rings. The molecule has 0 saturated heterocycles. The zero-order chi connectivity index (χ0) is 11.5. The van der Waals surface area contributed by atoms with Crippen LogP contribution >= 0.6 is 0 Å². The second-order valence-electron chi connectivity index (χ2n) is 3.13. The molecule has 16 heavy (non-hydrogen) atoms. The van der Waals surface area contributed by atoms with Crippen molar-refractivity contribution < 1.29 is 13.5 Å². The molecule has 0 aliphatic carbocycles. The quantitative estimate of drug-likeness (QED) is 0.866. The number of benzene rings is 1. The van der Waals surface area contributed by atoms with Crippen molar-refractivity contribution in [3.63, 3.8) is 0 Å². The molecule has 84 valence electrons. The Morgan fingerprint density at radius 1 is 1.25 bits per heavy atom. The number of anilines is 1. The van der Waals surface area contributed by atoms with Gasteiger partial charge in [-0.25, -0.2) is 13.5 Å². The first-order chi connectivity index (χ1) is 7.65. The lowest BCUT2D eigenvalue weighted by molar-refractivity contribution is 0.220. The van der Waals surface area contributed by atoms with Crippen LogP contribution in [0, 0.1) is 11.6 Å². The van der Waals surface area contributed by atoms with E-state index in [4.69, 9.17) is 10.5 Å². The van der Waals surface area contributed by atoms with Crippen LogP contribution in [0.15, 0.2) is 30.5 Å². The van der Waals surface area contributed by atoms with E-state index in [9.17, 15) is 8.78 Å². The van der Waals surface area contributed by atoms with Crippen LogP contribution in [-0.4, -0.2) is 9.78 Å². The molecule has 0 unspecified atom stereocenters. The van der Waals surface area contributed by atoms with Gasteiger partial charge in [0.2, 0.25) is 0 Å². The Hall–Kier alpha value is -2.11. The van der Waals surface area contributed by atoms with Gasteiger partial charge in [-0.15, -0.1) is 0 Å². The van der Waals surface area contributed by atoms with Crippen LogP contribution in [0.3, 0.4) is 0 Å². The van der Waals surface area contributed by atoms with Gasteiger partial charge in [0, 0.05) is 18.3 Å². The maximum atomic E-state index is 12.8. The summed E-state index contributed by atoms with van der Waals surface area (Å²) in [5.41, 5.74) is 5.39. The molecule has 0 aliphatic heterocycles. The van der Waals surface area contributed by atoms with E-state index in [1.165, 1.54) is 10.7 Å². The van der Waals surface area contributed by atoms with Gasteiger partial charge in [-0.05, 0) is 12.1 Å². The lowest BCUT2D eigenvalue weighted by atomic mass is 10.3. The average molecular weight is 225 g/mol. The lowest BCUT2D eigenvalue weighted by Gasteiger charge is -2.06. The molecule has 0 amide bonds. The zero-order valence-corrected chi connectivity index (χ0v) is 8.23. The molecule has 4 nitrogen and oxygen atoms in total. The Morgan fingerprint density at radius 3 is 2.69 bits per heavy atom. The Labute approximate surface area is 90.2 Å². The second-order valence-corrected chi connectivity index (χ2v) is 3.13. The highest BCUT2D eigenvalue weighted by atomic mass is 19.2. The third-order valence-corrected chi connectivity index (χ3v) is 1.92. The van der Waals surface area contributed by atoms with Gasteiger partial charge in [0.05, 0.1) is 0 Å². The van der Waals surface area contributed by atoms with E-state index in [2.05, 4.69) is 5.10 Å². The molecule has 2 aromatic rings. The van der Waals surface area contributed by atoms with Crippen molar-refractivity contribution in [3.8, 4) is 5.75 Å². The topological polar surface area (TPSA) is 53.1 Å². The van der Waals surface area contributed by atoms with Crippen molar-refractivity contribution in [1.82, 2.24) is 9.78 Å². The molecule has 1 aromatic heterocycles. The minimum Gasteiger partial charge on any atom is -0.471 e. The smallest absolute Gasteiger partial charge is 0.180 e. The molecule has 1 aromatic carbocycles. The summed E-state index contributed by atoms with van der Waals surface area (Å²) >= 11 is 0. The fourth-order valence-electron chi connectivity index (χ4n) is 1.16. The Morgan fingerprint density at radius 2 is 2.06 bits per heavy atom. The van der Waals surface area contributed by atoms with Gasteiger partial charge in [-0.2, -0.15) is 5.10 Å². The standard InChI is InChI=1S/C10H9F2N3O/c11-8-2-1-7(5-9(8)12)16-6-15-4-3-10(13)14-15/h1-5H,6H2,(H2,13,14). The van der Waals surface area contributed by atoms with Crippen molar-refractivity contribution >= 4 is 5.82 Å². The highest BCUT2D eigenvalue weighted by Crippen LogP contribution is 2.15. The Kier molecular flexibility index (Phi) is 2.72. The van der Waals surface area contributed by atoms with Crippen LogP contribution in [0.1, 0.15) is 0 Å². The molecular weight excluding hydrogens is 216 g/mol. The van der Waals surface area contributed by atoms with Crippen molar-refractivity contribution in [2.45, 2.75) is 6.73 Å². The Balaban J connectivity index is 2.02. The molecule has 6 heteroatoms. The van der Waals surface area contributed by atoms with Crippen molar-refractivity contribution in [3.05, 3.63) is 42.1 Å². The number of rotatable bonds is 3. The largest absolute Gasteiger partial charge is 0.471 e. The van der Waals surface area contributed by atoms with Crippen LogP contribution in [0.5, 0.6) is 5.75 Å². The number of hydrogen-bond donors (Lipinski definition) is 1. The van der Waals surface area contributed by atoms with E-state index in [1.54, 1.807) is 12.3 Å². The second kappa shape index (κ2) is 4.18. The van der Waals surface area contributed by atoms with Gasteiger partial charge in [-0.3, -0.25) is 0 Å². The summed E-state index contributed by atoms with van der Waals surface area (Å²) in [5.74, 6) is -1.25. The van der Waals surface area contributed by atoms with Crippen LogP contribution in [0.25, 0.3) is 0 Å². The van der Waals surface area contributed by atoms with Gasteiger partial charge in [-0.1, -0.05) is 0 Å². The number of ether oxygens (including phenoxy) is 1. The maximum Gasteiger partial charge on any atom is 0.180 e. The van der Waals surface area contributed by atoms with E-state index in [0.717, 1.165) is 12.1 Å². The first-order valence-corrected chi connectivity index (χ1v) is 4.52. The summed E-state index contributed by atoms with van der Waals surface area (Å²) in [6.45, 7) is 0.0856. The monoisotopic (exact) mass is 225 g/mol. The van der Waals surface area contributed by atoms with Crippen LogP contribution in [0.2, 0.25) is 0 Å². The zero-order valence-electron chi connectivity index (χ0n) is 8.23. The summed E-state index contributed by atoms with van der Waals surface area (Å²) in [4.78, 5) is 0. The number of halogens is 2. The third-order valence-electron chi connectivity index (χ3n) is 1.92. The molecular formula is C10H9F2N3O. The van der Waals surface area contributed by atoms with Crippen molar-refractivity contribution in [1.29, 1.82) is 0 Å². The third kappa shape index (κ3) is 2.28. The van der Waals surface area contributed by atoms with Crippen molar-refractivity contribution in [2.24, 2.45) is 0 Å². The summed E-state index contributed by atoms with van der Waals surface area (Å²) < 4.78 is 32.0. The van der Waals surface area contributed by atoms with Gasteiger partial charge >= 0.3 is 0 Å². The van der Waals surface area contributed by atoms with E-state index in [-0.39, 0.29) is 12.5 Å². The maximum absolute atomic E-state index is 12.8. The Bertz CT molecular complexity index is 499. The van der Waals surface area contributed by atoms with E-state index in [0.29, 0.717) is 5.82 Å². The van der Waals surface area contributed by atoms with E-state index in [1.807, 2.05) is 0 Å². The minimum atomic E-state index is -0.947. The molecule has 1 heterocycles. The van der Waals surface area contributed by atoms with Gasteiger partial charge < -0.3 is 10.5 Å². The molecule has 2 N–H and O–H groups in total. The van der Waals surface area contributed by atoms with Gasteiger partial charge in [0.15, 0.2) is 18.4 Å². The highest BCUT2D eigenvalue weighted by Gasteiger charge is 2.03. The van der Waals surface area contributed by atoms with Crippen LogP contribution in [-0.2, 0) is 6.73 Å². The lowest BCUT2D eigenvalue weighted by Crippen LogP contribution is -2.06. The molecule has 0 saturated carbocycles. The number of nitrogen functional groups attached to an aromatic ring is 1. The van der Waals surface area contributed by atoms with Crippen LogP contribution in [0.4, 0.5) is 14.6 Å². The number of hydrogen-bond acceptors (Lipinski definition) is 3. The molecule has 0 bridgehead atoms. The number of nitrogens with two attached hydrogens (primary N) is 1. The number of nitrogens with zero attached hydrogens (tertiary/aromatic N) is 2. The first kappa shape index (κ1) is 10.4. The minimum absolute atomic E-state index is 0.0856. The molecule has 0 spiro atoms. The predicted octanol–water partition coefficient (Wildman–Crippen LogP) is 1.78. The van der Waals surface area contributed by atoms with E-state index >= 15 is 0 Å². The summed E-state index contributed by atoms with van der Waals surface area (Å²) in [7, 11) is 0. The molecule has 0 aliphatic rings. The predicted molar refractivity (Wildman–Crippen MR) is 53.6 cm³/mol. The normalized spacial score (nSPS) is 10.4. The van der Waals surface area contributed by atoms with E-state index < -0.39 is 11.6 Å². The molecule has 2 rings (SSSR count). The highest BCUT2D eigenvalue weighted by molar-refractivity contribution is 5.24. The first-order valence-electron chi connectivity index (χ1n) is 4.52. The molecule has 0 radical (unpaired) electrons. The molecule has 0 atom stereocenters. The SMILES string of the molecule is Nc1ccn(COc2ccc(F)c(F)c2)n1. The summed E-state index contributed by atoms with van der Waals surface area (Å²) in [6.07, 6.45) is 1.62. The summed E-state index contributed by atoms with van der Waals surface area (Å²) in [6, 6.07) is 4.92. The van der Waals surface area contributed by atoms with Crippen LogP contribution < -0.4 is 10.5 Å².